The Hall–Kier alpha value is -3.37. The largest absolute Gasteiger partial charge is 0.461 e. The van der Waals surface area contributed by atoms with Crippen LogP contribution in [-0.2, 0) is 11.3 Å². The van der Waals surface area contributed by atoms with Crippen LogP contribution in [0.1, 0.15) is 60.2 Å². The highest BCUT2D eigenvalue weighted by molar-refractivity contribution is 5.87. The number of nitrogens with zero attached hydrogens (tertiary/aromatic N) is 6. The van der Waals surface area contributed by atoms with Gasteiger partial charge in [0.2, 0.25) is 5.92 Å². The lowest BCUT2D eigenvalue weighted by atomic mass is 9.92. The minimum Gasteiger partial charge on any atom is -0.461 e. The molecule has 9 nitrogen and oxygen atoms in total. The van der Waals surface area contributed by atoms with E-state index in [0.717, 1.165) is 11.4 Å². The van der Waals surface area contributed by atoms with Gasteiger partial charge in [0.25, 0.3) is 5.95 Å². The standard InChI is InChI=1S/C22H27F2N7O2/c1-4-33-20(32)18-7-10-30(29-18)21-26-17(13-31-15(3)11-14(2)28-31)12-19(27-21)25-16-5-8-22(23,24)9-6-16/h7,10-12,16H,4-6,8-9,13H2,1-3H3,(H,25,26,27). The van der Waals surface area contributed by atoms with Crippen LogP contribution in [0, 0.1) is 13.8 Å². The van der Waals surface area contributed by atoms with E-state index in [1.807, 2.05) is 24.6 Å². The van der Waals surface area contributed by atoms with Crippen molar-refractivity contribution in [3.05, 3.63) is 47.2 Å². The van der Waals surface area contributed by atoms with Gasteiger partial charge in [0, 0.05) is 36.8 Å². The van der Waals surface area contributed by atoms with E-state index >= 15 is 0 Å². The van der Waals surface area contributed by atoms with Crippen LogP contribution in [0.25, 0.3) is 5.95 Å². The van der Waals surface area contributed by atoms with Crippen LogP contribution in [0.5, 0.6) is 0 Å². The molecular weight excluding hydrogens is 432 g/mol. The van der Waals surface area contributed by atoms with Gasteiger partial charge >= 0.3 is 5.97 Å². The van der Waals surface area contributed by atoms with Gasteiger partial charge in [-0.15, -0.1) is 0 Å². The summed E-state index contributed by atoms with van der Waals surface area (Å²) in [5, 5.41) is 12.0. The Morgan fingerprint density at radius 3 is 2.64 bits per heavy atom. The van der Waals surface area contributed by atoms with Crippen LogP contribution in [0.15, 0.2) is 24.4 Å². The molecule has 176 valence electrons. The summed E-state index contributed by atoms with van der Waals surface area (Å²) in [6, 6.07) is 5.19. The monoisotopic (exact) mass is 459 g/mol. The summed E-state index contributed by atoms with van der Waals surface area (Å²) in [6.07, 6.45) is 1.99. The number of aromatic nitrogens is 6. The number of alkyl halides is 2. The Morgan fingerprint density at radius 1 is 1.21 bits per heavy atom. The maximum absolute atomic E-state index is 13.6. The first-order valence-corrected chi connectivity index (χ1v) is 11.0. The molecule has 0 saturated heterocycles. The van der Waals surface area contributed by atoms with Gasteiger partial charge in [0.05, 0.1) is 24.5 Å². The van der Waals surface area contributed by atoms with Crippen LogP contribution in [0.4, 0.5) is 14.6 Å². The lowest BCUT2D eigenvalue weighted by Gasteiger charge is -2.29. The van der Waals surface area contributed by atoms with Gasteiger partial charge in [-0.1, -0.05) is 0 Å². The second-order valence-corrected chi connectivity index (χ2v) is 8.27. The minimum absolute atomic E-state index is 0.110. The number of ether oxygens (including phenoxy) is 1. The van der Waals surface area contributed by atoms with Gasteiger partial charge in [0.1, 0.15) is 5.82 Å². The summed E-state index contributed by atoms with van der Waals surface area (Å²) in [5.41, 5.74) is 2.70. The van der Waals surface area contributed by atoms with Crippen LogP contribution in [-0.4, -0.2) is 54.1 Å². The van der Waals surface area contributed by atoms with Crippen molar-refractivity contribution in [1.29, 1.82) is 0 Å². The number of carbonyl (C=O) groups is 1. The van der Waals surface area contributed by atoms with Gasteiger partial charge < -0.3 is 10.1 Å². The number of hydrogen-bond acceptors (Lipinski definition) is 7. The number of halogens is 2. The number of hydrogen-bond donors (Lipinski definition) is 1. The summed E-state index contributed by atoms with van der Waals surface area (Å²) in [5.74, 6) is -2.36. The van der Waals surface area contributed by atoms with Gasteiger partial charge in [-0.25, -0.2) is 23.2 Å². The molecule has 0 radical (unpaired) electrons. The van der Waals surface area contributed by atoms with Crippen LogP contribution < -0.4 is 5.32 Å². The molecular formula is C22H27F2N7O2. The maximum Gasteiger partial charge on any atom is 0.358 e. The lowest BCUT2D eigenvalue weighted by Crippen LogP contribution is -2.32. The SMILES string of the molecule is CCOC(=O)c1ccn(-c2nc(Cn3nc(C)cc3C)cc(NC3CCC(F)(F)CC3)n2)n1. The van der Waals surface area contributed by atoms with E-state index in [4.69, 9.17) is 4.74 Å². The molecule has 0 spiro atoms. The second kappa shape index (κ2) is 9.24. The normalized spacial score (nSPS) is 16.0. The fourth-order valence-corrected chi connectivity index (χ4v) is 3.87. The molecule has 1 aliphatic carbocycles. The van der Waals surface area contributed by atoms with E-state index in [1.54, 1.807) is 19.2 Å². The van der Waals surface area contributed by atoms with Crippen molar-refractivity contribution < 1.29 is 18.3 Å². The van der Waals surface area contributed by atoms with Crippen molar-refractivity contribution in [2.75, 3.05) is 11.9 Å². The third-order valence-corrected chi connectivity index (χ3v) is 5.53. The summed E-state index contributed by atoms with van der Waals surface area (Å²) >= 11 is 0. The molecule has 0 unspecified atom stereocenters. The molecule has 4 rings (SSSR count). The van der Waals surface area contributed by atoms with Crippen molar-refractivity contribution in [3.8, 4) is 5.95 Å². The van der Waals surface area contributed by atoms with E-state index in [-0.39, 0.29) is 37.1 Å². The second-order valence-electron chi connectivity index (χ2n) is 8.27. The zero-order valence-electron chi connectivity index (χ0n) is 18.9. The quantitative estimate of drug-likeness (QED) is 0.538. The molecule has 0 amide bonds. The fourth-order valence-electron chi connectivity index (χ4n) is 3.87. The van der Waals surface area contributed by atoms with Crippen LogP contribution in [0.2, 0.25) is 0 Å². The lowest BCUT2D eigenvalue weighted by molar-refractivity contribution is -0.0361. The molecule has 33 heavy (non-hydrogen) atoms. The van der Waals surface area contributed by atoms with Crippen LogP contribution >= 0.6 is 0 Å². The first-order valence-electron chi connectivity index (χ1n) is 11.0. The van der Waals surface area contributed by atoms with Gasteiger partial charge in [0.15, 0.2) is 5.69 Å². The minimum atomic E-state index is -2.60. The highest BCUT2D eigenvalue weighted by Crippen LogP contribution is 2.34. The molecule has 1 N–H and O–H groups in total. The van der Waals surface area contributed by atoms with Crippen molar-refractivity contribution in [3.63, 3.8) is 0 Å². The van der Waals surface area contributed by atoms with Crippen molar-refractivity contribution in [2.24, 2.45) is 0 Å². The summed E-state index contributed by atoms with van der Waals surface area (Å²) < 4.78 is 35.3. The van der Waals surface area contributed by atoms with E-state index < -0.39 is 11.9 Å². The number of aryl methyl sites for hydroxylation is 2. The Labute approximate surface area is 190 Å². The van der Waals surface area contributed by atoms with E-state index in [1.165, 1.54) is 10.7 Å². The predicted octanol–water partition coefficient (Wildman–Crippen LogP) is 3.69. The third kappa shape index (κ3) is 5.52. The topological polar surface area (TPSA) is 99.8 Å². The molecule has 1 fully saturated rings. The molecule has 3 heterocycles. The fraction of sp³-hybridized carbons (Fsp3) is 0.500. The molecule has 3 aromatic rings. The molecule has 1 aliphatic rings. The molecule has 0 aromatic carbocycles. The van der Waals surface area contributed by atoms with E-state index in [2.05, 4.69) is 25.5 Å². The number of esters is 1. The van der Waals surface area contributed by atoms with Crippen molar-refractivity contribution in [2.45, 2.75) is 65.0 Å². The molecule has 0 aliphatic heterocycles. The third-order valence-electron chi connectivity index (χ3n) is 5.53. The molecule has 1 saturated carbocycles. The van der Waals surface area contributed by atoms with Crippen molar-refractivity contribution in [1.82, 2.24) is 29.5 Å². The average Bonchev–Trinajstić information content (AvgIpc) is 3.36. The first-order chi connectivity index (χ1) is 15.7. The summed E-state index contributed by atoms with van der Waals surface area (Å²) in [4.78, 5) is 21.1. The smallest absolute Gasteiger partial charge is 0.358 e. The number of carbonyl (C=O) groups excluding carboxylic acids is 1. The maximum atomic E-state index is 13.6. The average molecular weight is 460 g/mol. The van der Waals surface area contributed by atoms with Crippen molar-refractivity contribution >= 4 is 11.8 Å². The first kappa shape index (κ1) is 22.8. The number of rotatable bonds is 7. The number of nitrogens with one attached hydrogen (secondary N) is 1. The Bertz CT molecular complexity index is 1130. The van der Waals surface area contributed by atoms with Crippen LogP contribution in [0.3, 0.4) is 0 Å². The Morgan fingerprint density at radius 2 is 1.97 bits per heavy atom. The zero-order chi connectivity index (χ0) is 23.6. The molecule has 3 aromatic heterocycles. The Kier molecular flexibility index (Phi) is 6.39. The van der Waals surface area contributed by atoms with E-state index in [0.29, 0.717) is 30.9 Å². The summed E-state index contributed by atoms with van der Waals surface area (Å²) in [6.45, 7) is 6.25. The molecule has 0 atom stereocenters. The molecule has 11 heteroatoms. The predicted molar refractivity (Wildman–Crippen MR) is 117 cm³/mol. The summed E-state index contributed by atoms with van der Waals surface area (Å²) in [7, 11) is 0. The van der Waals surface area contributed by atoms with E-state index in [9.17, 15) is 13.6 Å². The van der Waals surface area contributed by atoms with Gasteiger partial charge in [-0.2, -0.15) is 15.2 Å². The van der Waals surface area contributed by atoms with Gasteiger partial charge in [-0.05, 0) is 45.7 Å². The van der Waals surface area contributed by atoms with Gasteiger partial charge in [-0.3, -0.25) is 4.68 Å². The zero-order valence-corrected chi connectivity index (χ0v) is 18.9. The Balaban J connectivity index is 1.63. The molecule has 0 bridgehead atoms. The highest BCUT2D eigenvalue weighted by Gasteiger charge is 2.35. The number of anilines is 1. The highest BCUT2D eigenvalue weighted by atomic mass is 19.3.